The normalized spacial score (nSPS) is 19.7. The zero-order valence-corrected chi connectivity index (χ0v) is 22.1. The maximum atomic E-state index is 13.8. The van der Waals surface area contributed by atoms with Gasteiger partial charge in [0.1, 0.15) is 0 Å². The zero-order chi connectivity index (χ0) is 26.0. The van der Waals surface area contributed by atoms with Gasteiger partial charge < -0.3 is 19.5 Å². The van der Waals surface area contributed by atoms with E-state index in [1.165, 1.54) is 0 Å². The third kappa shape index (κ3) is 5.00. The first-order valence-electron chi connectivity index (χ1n) is 12.1. The van der Waals surface area contributed by atoms with Crippen molar-refractivity contribution in [2.75, 3.05) is 20.8 Å². The summed E-state index contributed by atoms with van der Waals surface area (Å²) in [4.78, 5) is 27.0. The number of dihydropyridines is 1. The summed E-state index contributed by atoms with van der Waals surface area (Å²) in [6.45, 7) is 6.12. The second-order valence-electron chi connectivity index (χ2n) is 9.65. The molecule has 2 aliphatic rings. The van der Waals surface area contributed by atoms with Crippen LogP contribution in [0.4, 0.5) is 0 Å². The molecule has 2 aromatic carbocycles. The Kier molecular flexibility index (Phi) is 7.74. The van der Waals surface area contributed by atoms with Crippen molar-refractivity contribution in [3.05, 3.63) is 81.2 Å². The number of rotatable bonds is 7. The number of hydrogen-bond donors (Lipinski definition) is 1. The molecule has 6 nitrogen and oxygen atoms in total. The van der Waals surface area contributed by atoms with Gasteiger partial charge in [-0.2, -0.15) is 0 Å². The molecule has 0 bridgehead atoms. The number of halogens is 1. The van der Waals surface area contributed by atoms with Gasteiger partial charge in [0.05, 0.1) is 26.4 Å². The van der Waals surface area contributed by atoms with Gasteiger partial charge in [-0.15, -0.1) is 0 Å². The van der Waals surface area contributed by atoms with Crippen LogP contribution in [0.25, 0.3) is 0 Å². The van der Waals surface area contributed by atoms with Crippen LogP contribution in [0.3, 0.4) is 0 Å². The topological polar surface area (TPSA) is 73.9 Å². The second-order valence-corrected chi connectivity index (χ2v) is 10.1. The van der Waals surface area contributed by atoms with Crippen molar-refractivity contribution in [1.29, 1.82) is 0 Å². The predicted octanol–water partition coefficient (Wildman–Crippen LogP) is 5.92. The number of methoxy groups -OCH3 is 2. The molecule has 1 N–H and O–H groups in total. The molecular weight excluding hydrogens is 478 g/mol. The van der Waals surface area contributed by atoms with Gasteiger partial charge >= 0.3 is 5.97 Å². The van der Waals surface area contributed by atoms with Gasteiger partial charge in [0.25, 0.3) is 0 Å². The van der Waals surface area contributed by atoms with Crippen molar-refractivity contribution < 1.29 is 23.8 Å². The molecule has 7 heteroatoms. The summed E-state index contributed by atoms with van der Waals surface area (Å²) in [5.41, 5.74) is 4.22. The second kappa shape index (κ2) is 10.8. The number of allylic oxidation sites excluding steroid dienone is 3. The molecule has 0 spiro atoms. The SMILES string of the molecule is COc1ccc(C2CC(=O)C3=C(C2)NC(C)=C(C(=O)OCC(C)C)C3c2ccccc2Cl)cc1OC. The fourth-order valence-corrected chi connectivity index (χ4v) is 5.24. The molecule has 0 radical (unpaired) electrons. The van der Waals surface area contributed by atoms with Crippen molar-refractivity contribution in [3.8, 4) is 11.5 Å². The van der Waals surface area contributed by atoms with E-state index in [1.807, 2.05) is 57.2 Å². The molecule has 0 aromatic heterocycles. The minimum atomic E-state index is -0.589. The number of hydrogen-bond acceptors (Lipinski definition) is 6. The summed E-state index contributed by atoms with van der Waals surface area (Å²) in [6.07, 6.45) is 0.924. The van der Waals surface area contributed by atoms with E-state index in [0.29, 0.717) is 52.8 Å². The highest BCUT2D eigenvalue weighted by Crippen LogP contribution is 2.47. The van der Waals surface area contributed by atoms with Gasteiger partial charge in [0.2, 0.25) is 0 Å². The van der Waals surface area contributed by atoms with E-state index in [2.05, 4.69) is 5.32 Å². The van der Waals surface area contributed by atoms with Gasteiger partial charge in [0, 0.05) is 34.3 Å². The Bertz CT molecular complexity index is 1250. The van der Waals surface area contributed by atoms with Crippen LogP contribution in [0.1, 0.15) is 56.6 Å². The first-order chi connectivity index (χ1) is 17.2. The monoisotopic (exact) mass is 509 g/mol. The number of benzene rings is 2. The van der Waals surface area contributed by atoms with E-state index >= 15 is 0 Å². The molecule has 0 fully saturated rings. The maximum absolute atomic E-state index is 13.8. The number of esters is 1. The molecule has 0 saturated carbocycles. The minimum Gasteiger partial charge on any atom is -0.493 e. The number of ketones is 1. The lowest BCUT2D eigenvalue weighted by molar-refractivity contribution is -0.140. The molecule has 190 valence electrons. The van der Waals surface area contributed by atoms with Crippen LogP contribution in [-0.2, 0) is 14.3 Å². The van der Waals surface area contributed by atoms with Crippen LogP contribution in [0.2, 0.25) is 5.02 Å². The van der Waals surface area contributed by atoms with Gasteiger partial charge in [-0.05, 0) is 54.5 Å². The van der Waals surface area contributed by atoms with Crippen molar-refractivity contribution >= 4 is 23.4 Å². The van der Waals surface area contributed by atoms with Crippen molar-refractivity contribution in [2.45, 2.75) is 45.4 Å². The van der Waals surface area contributed by atoms with Gasteiger partial charge in [-0.3, -0.25) is 4.79 Å². The first kappa shape index (κ1) is 25.8. The molecule has 2 unspecified atom stereocenters. The van der Waals surface area contributed by atoms with Crippen LogP contribution in [-0.4, -0.2) is 32.6 Å². The lowest BCUT2D eigenvalue weighted by Gasteiger charge is -2.37. The Morgan fingerprint density at radius 2 is 1.81 bits per heavy atom. The lowest BCUT2D eigenvalue weighted by atomic mass is 9.71. The standard InChI is InChI=1S/C29H32ClNO5/c1-16(2)15-36-29(33)26-17(3)31-22-12-19(18-10-11-24(34-4)25(14-18)35-5)13-23(32)28(22)27(26)20-8-6-7-9-21(20)30/h6-11,14,16,19,27,31H,12-13,15H2,1-5H3. The quantitative estimate of drug-likeness (QED) is 0.467. The number of Topliss-reactive ketones (excluding diaryl/α,β-unsaturated/α-hetero) is 1. The molecule has 0 saturated heterocycles. The Balaban J connectivity index is 1.76. The van der Waals surface area contributed by atoms with Crippen LogP contribution >= 0.6 is 11.6 Å². The average Bonchev–Trinajstić information content (AvgIpc) is 2.86. The van der Waals surface area contributed by atoms with E-state index in [4.69, 9.17) is 25.8 Å². The van der Waals surface area contributed by atoms with Crippen LogP contribution in [0.5, 0.6) is 11.5 Å². The molecule has 36 heavy (non-hydrogen) atoms. The summed E-state index contributed by atoms with van der Waals surface area (Å²) in [6, 6.07) is 13.1. The highest BCUT2D eigenvalue weighted by atomic mass is 35.5. The molecule has 1 aliphatic carbocycles. The summed E-state index contributed by atoms with van der Waals surface area (Å²) in [5.74, 6) is 0.375. The van der Waals surface area contributed by atoms with E-state index in [1.54, 1.807) is 20.3 Å². The molecule has 1 aliphatic heterocycles. The minimum absolute atomic E-state index is 0.0184. The van der Waals surface area contributed by atoms with Gasteiger partial charge in [-0.1, -0.05) is 49.7 Å². The predicted molar refractivity (Wildman–Crippen MR) is 139 cm³/mol. The summed E-state index contributed by atoms with van der Waals surface area (Å²) in [5, 5.41) is 3.88. The van der Waals surface area contributed by atoms with Crippen molar-refractivity contribution in [2.24, 2.45) is 5.92 Å². The zero-order valence-electron chi connectivity index (χ0n) is 21.3. The molecule has 2 atom stereocenters. The average molecular weight is 510 g/mol. The fourth-order valence-electron chi connectivity index (χ4n) is 4.99. The molecule has 2 aromatic rings. The van der Waals surface area contributed by atoms with Crippen LogP contribution in [0, 0.1) is 5.92 Å². The van der Waals surface area contributed by atoms with E-state index in [0.717, 1.165) is 16.8 Å². The van der Waals surface area contributed by atoms with Crippen LogP contribution in [0.15, 0.2) is 65.0 Å². The summed E-state index contributed by atoms with van der Waals surface area (Å²) < 4.78 is 16.5. The summed E-state index contributed by atoms with van der Waals surface area (Å²) >= 11 is 6.61. The highest BCUT2D eigenvalue weighted by molar-refractivity contribution is 6.31. The first-order valence-corrected chi connectivity index (χ1v) is 12.5. The number of carbonyl (C=O) groups is 2. The largest absolute Gasteiger partial charge is 0.493 e. The van der Waals surface area contributed by atoms with E-state index in [9.17, 15) is 9.59 Å². The van der Waals surface area contributed by atoms with Crippen LogP contribution < -0.4 is 14.8 Å². The van der Waals surface area contributed by atoms with E-state index in [-0.39, 0.29) is 17.6 Å². The van der Waals surface area contributed by atoms with Crippen molar-refractivity contribution in [1.82, 2.24) is 5.32 Å². The maximum Gasteiger partial charge on any atom is 0.336 e. The van der Waals surface area contributed by atoms with Gasteiger partial charge in [0.15, 0.2) is 17.3 Å². The molecular formula is C29H32ClNO5. The molecule has 0 amide bonds. The number of nitrogens with one attached hydrogen (secondary N) is 1. The Hall–Kier alpha value is -3.25. The fraction of sp³-hybridized carbons (Fsp3) is 0.379. The third-order valence-corrected chi connectivity index (χ3v) is 7.03. The Morgan fingerprint density at radius 3 is 2.47 bits per heavy atom. The number of ether oxygens (including phenoxy) is 3. The van der Waals surface area contributed by atoms with E-state index < -0.39 is 11.9 Å². The Labute approximate surface area is 217 Å². The third-order valence-electron chi connectivity index (χ3n) is 6.69. The molecule has 1 heterocycles. The molecule has 4 rings (SSSR count). The number of carbonyl (C=O) groups excluding carboxylic acids is 2. The highest BCUT2D eigenvalue weighted by Gasteiger charge is 2.42. The van der Waals surface area contributed by atoms with Gasteiger partial charge in [-0.25, -0.2) is 4.79 Å². The van der Waals surface area contributed by atoms with Crippen molar-refractivity contribution in [3.63, 3.8) is 0 Å². The smallest absolute Gasteiger partial charge is 0.336 e. The summed E-state index contributed by atoms with van der Waals surface area (Å²) in [7, 11) is 3.19. The Morgan fingerprint density at radius 1 is 1.08 bits per heavy atom. The lowest BCUT2D eigenvalue weighted by Crippen LogP contribution is -2.36.